The third-order valence-electron chi connectivity index (χ3n) is 6.19. The fourth-order valence-corrected chi connectivity index (χ4v) is 4.67. The Hall–Kier alpha value is -3.80. The van der Waals surface area contributed by atoms with E-state index in [9.17, 15) is 40.3 Å². The number of halogens is 8. The zero-order valence-electron chi connectivity index (χ0n) is 18.9. The average molecular weight is 558 g/mol. The van der Waals surface area contributed by atoms with Crippen molar-refractivity contribution in [3.8, 4) is 0 Å². The highest BCUT2D eigenvalue weighted by molar-refractivity contribution is 6.31. The molecule has 1 saturated heterocycles. The molecule has 0 aromatic heterocycles. The van der Waals surface area contributed by atoms with Crippen LogP contribution in [0.15, 0.2) is 48.5 Å². The lowest BCUT2D eigenvalue weighted by atomic mass is 9.94. The Morgan fingerprint density at radius 2 is 1.74 bits per heavy atom. The van der Waals surface area contributed by atoms with Gasteiger partial charge in [0, 0.05) is 38.7 Å². The van der Waals surface area contributed by atoms with Crippen molar-refractivity contribution < 1.29 is 40.3 Å². The lowest BCUT2D eigenvalue weighted by Crippen LogP contribution is -2.56. The van der Waals surface area contributed by atoms with Crippen LogP contribution in [0.3, 0.4) is 0 Å². The third kappa shape index (κ3) is 4.75. The number of nitrogens with zero attached hydrogens (tertiary/aromatic N) is 1. The van der Waals surface area contributed by atoms with E-state index in [-0.39, 0.29) is 39.2 Å². The number of carbonyl (C=O) groups is 2. The quantitative estimate of drug-likeness (QED) is 0.377. The predicted octanol–water partition coefficient (Wildman–Crippen LogP) is 6.18. The van der Waals surface area contributed by atoms with Gasteiger partial charge < -0.3 is 15.5 Å². The van der Waals surface area contributed by atoms with Crippen LogP contribution in [-0.4, -0.2) is 30.8 Å². The molecule has 2 amide bonds. The molecule has 1 atom stereocenters. The summed E-state index contributed by atoms with van der Waals surface area (Å²) < 4.78 is 94.5. The number of amides is 2. The molecule has 3 aromatic carbocycles. The van der Waals surface area contributed by atoms with Crippen molar-refractivity contribution in [2.45, 2.75) is 18.1 Å². The molecule has 3 aromatic rings. The second kappa shape index (κ2) is 8.90. The smallest absolute Gasteiger partial charge is 0.359 e. The predicted molar refractivity (Wildman–Crippen MR) is 124 cm³/mol. The van der Waals surface area contributed by atoms with Crippen LogP contribution in [0, 0.1) is 11.6 Å². The highest BCUT2D eigenvalue weighted by Gasteiger charge is 2.45. The average Bonchev–Trinajstić information content (AvgIpc) is 3.14. The summed E-state index contributed by atoms with van der Waals surface area (Å²) in [5.74, 6) is -6.81. The van der Waals surface area contributed by atoms with E-state index in [4.69, 9.17) is 11.6 Å². The zero-order chi connectivity index (χ0) is 27.6. The molecule has 0 aliphatic carbocycles. The van der Waals surface area contributed by atoms with Gasteiger partial charge in [0.1, 0.15) is 11.6 Å². The van der Waals surface area contributed by atoms with Gasteiger partial charge in [0.2, 0.25) is 0 Å². The summed E-state index contributed by atoms with van der Waals surface area (Å²) in [6.45, 7) is -1.34. The van der Waals surface area contributed by atoms with Gasteiger partial charge in [-0.15, -0.1) is 0 Å². The molecule has 0 radical (unpaired) electrons. The van der Waals surface area contributed by atoms with Crippen molar-refractivity contribution in [2.75, 3.05) is 23.3 Å². The Morgan fingerprint density at radius 1 is 1.03 bits per heavy atom. The van der Waals surface area contributed by atoms with Gasteiger partial charge >= 0.3 is 6.18 Å². The maximum absolute atomic E-state index is 14.0. The maximum atomic E-state index is 14.0. The molecule has 13 heteroatoms. The Morgan fingerprint density at radius 3 is 2.39 bits per heavy atom. The molecule has 5 rings (SSSR count). The first-order valence-electron chi connectivity index (χ1n) is 11.0. The normalized spacial score (nSPS) is 18.1. The van der Waals surface area contributed by atoms with Crippen LogP contribution in [0.4, 0.5) is 42.1 Å². The van der Waals surface area contributed by atoms with Crippen LogP contribution < -0.4 is 15.5 Å². The van der Waals surface area contributed by atoms with E-state index in [1.54, 1.807) is 0 Å². The monoisotopic (exact) mass is 557 g/mol. The Kier molecular flexibility index (Phi) is 6.05. The number of nitrogens with one attached hydrogen (secondary N) is 2. The number of fused-ring (bicyclic) bond motifs is 1. The Balaban J connectivity index is 1.61. The molecule has 0 bridgehead atoms. The number of rotatable bonds is 4. The van der Waals surface area contributed by atoms with Crippen molar-refractivity contribution in [3.63, 3.8) is 0 Å². The van der Waals surface area contributed by atoms with Crippen LogP contribution >= 0.6 is 11.6 Å². The highest BCUT2D eigenvalue weighted by atomic mass is 35.5. The molecule has 2 aliphatic heterocycles. The lowest BCUT2D eigenvalue weighted by Gasteiger charge is -2.40. The maximum Gasteiger partial charge on any atom is 0.416 e. The molecule has 0 saturated carbocycles. The number of anilines is 2. The molecule has 198 valence electrons. The van der Waals surface area contributed by atoms with Crippen LogP contribution in [0.25, 0.3) is 0 Å². The minimum atomic E-state index is -4.93. The van der Waals surface area contributed by atoms with E-state index in [1.807, 2.05) is 0 Å². The molecule has 0 spiro atoms. The minimum Gasteiger partial charge on any atom is -0.359 e. The van der Waals surface area contributed by atoms with E-state index >= 15 is 0 Å². The van der Waals surface area contributed by atoms with Gasteiger partial charge in [0.05, 0.1) is 24.7 Å². The SMILES string of the molecule is O=C(Nc1cc(N2CC(F)(F)C2)cc2c1C(c1cc(F)ccc1Cl)NC2=O)c1cc(F)cc(C(F)(F)F)c1. The van der Waals surface area contributed by atoms with Gasteiger partial charge in [-0.2, -0.15) is 13.2 Å². The van der Waals surface area contributed by atoms with Crippen LogP contribution in [0.2, 0.25) is 5.02 Å². The van der Waals surface area contributed by atoms with Crippen molar-refractivity contribution in [3.05, 3.63) is 93.0 Å². The molecule has 38 heavy (non-hydrogen) atoms. The Bertz CT molecular complexity index is 1480. The van der Waals surface area contributed by atoms with Gasteiger partial charge in [-0.1, -0.05) is 11.6 Å². The zero-order valence-corrected chi connectivity index (χ0v) is 19.7. The number of hydrogen-bond acceptors (Lipinski definition) is 3. The molecule has 2 aliphatic rings. The highest BCUT2D eigenvalue weighted by Crippen LogP contribution is 2.43. The molecule has 2 heterocycles. The summed E-state index contributed by atoms with van der Waals surface area (Å²) in [5, 5.41) is 5.03. The van der Waals surface area contributed by atoms with Crippen molar-refractivity contribution in [2.24, 2.45) is 0 Å². The fraction of sp³-hybridized carbons (Fsp3) is 0.200. The van der Waals surface area contributed by atoms with E-state index < -0.39 is 65.8 Å². The number of benzene rings is 3. The van der Waals surface area contributed by atoms with Gasteiger partial charge in [0.15, 0.2) is 0 Å². The fourth-order valence-electron chi connectivity index (χ4n) is 4.45. The topological polar surface area (TPSA) is 61.4 Å². The summed E-state index contributed by atoms with van der Waals surface area (Å²) in [6.07, 6.45) is -4.93. The van der Waals surface area contributed by atoms with E-state index in [1.165, 1.54) is 23.1 Å². The minimum absolute atomic E-state index is 0.0476. The number of alkyl halides is 5. The Labute approximate surface area is 215 Å². The molecular formula is C25H15ClF7N3O2. The summed E-state index contributed by atoms with van der Waals surface area (Å²) in [7, 11) is 0. The van der Waals surface area contributed by atoms with E-state index in [0.29, 0.717) is 12.1 Å². The first kappa shape index (κ1) is 25.8. The number of hydrogen-bond donors (Lipinski definition) is 2. The van der Waals surface area contributed by atoms with Crippen molar-refractivity contribution in [1.82, 2.24) is 5.32 Å². The van der Waals surface area contributed by atoms with Gasteiger partial charge in [-0.25, -0.2) is 17.6 Å². The second-order valence-corrected chi connectivity index (χ2v) is 9.33. The van der Waals surface area contributed by atoms with Gasteiger partial charge in [0.25, 0.3) is 17.7 Å². The molecule has 2 N–H and O–H groups in total. The summed E-state index contributed by atoms with van der Waals surface area (Å²) in [6, 6.07) is 6.13. The van der Waals surface area contributed by atoms with Gasteiger partial charge in [-0.05, 0) is 48.5 Å². The van der Waals surface area contributed by atoms with Crippen LogP contribution in [-0.2, 0) is 6.18 Å². The third-order valence-corrected chi connectivity index (χ3v) is 6.53. The van der Waals surface area contributed by atoms with E-state index in [2.05, 4.69) is 10.6 Å². The lowest BCUT2D eigenvalue weighted by molar-refractivity contribution is -0.137. The van der Waals surface area contributed by atoms with Crippen molar-refractivity contribution in [1.29, 1.82) is 0 Å². The summed E-state index contributed by atoms with van der Waals surface area (Å²) >= 11 is 6.22. The van der Waals surface area contributed by atoms with Gasteiger partial charge in [-0.3, -0.25) is 9.59 Å². The second-order valence-electron chi connectivity index (χ2n) is 8.92. The van der Waals surface area contributed by atoms with Crippen LogP contribution in [0.1, 0.15) is 43.4 Å². The summed E-state index contributed by atoms with van der Waals surface area (Å²) in [5.41, 5.74) is -1.94. The molecule has 5 nitrogen and oxygen atoms in total. The molecule has 1 unspecified atom stereocenters. The van der Waals surface area contributed by atoms with E-state index in [0.717, 1.165) is 12.1 Å². The first-order chi connectivity index (χ1) is 17.7. The van der Waals surface area contributed by atoms with Crippen molar-refractivity contribution >= 4 is 34.8 Å². The molecular weight excluding hydrogens is 543 g/mol. The standard InChI is InChI=1S/C25H15ClF7N3O2/c26-18-2-1-13(27)6-16(18)21-20-17(23(38)35-21)7-15(36-9-24(29,30)10-36)8-19(20)34-22(37)11-3-12(25(31,32)33)5-14(28)4-11/h1-8,21H,9-10H2,(H,34,37)(H,35,38). The largest absolute Gasteiger partial charge is 0.416 e. The molecule has 1 fully saturated rings. The first-order valence-corrected chi connectivity index (χ1v) is 11.4. The number of carbonyl (C=O) groups excluding carboxylic acids is 2. The summed E-state index contributed by atoms with van der Waals surface area (Å²) in [4.78, 5) is 27.1. The van der Waals surface area contributed by atoms with Crippen LogP contribution in [0.5, 0.6) is 0 Å².